The SMILES string of the molecule is CCCC(N)COc1c(F)cc2c(=O)c(C(=O)O)cn(C3CC3)c2c1Cl. The van der Waals surface area contributed by atoms with Crippen molar-refractivity contribution in [2.45, 2.75) is 44.7 Å². The van der Waals surface area contributed by atoms with Gasteiger partial charge in [0.25, 0.3) is 0 Å². The monoisotopic (exact) mass is 382 g/mol. The second-order valence-corrected chi connectivity index (χ2v) is 6.95. The van der Waals surface area contributed by atoms with Crippen molar-refractivity contribution >= 4 is 28.5 Å². The molecule has 1 fully saturated rings. The van der Waals surface area contributed by atoms with Crippen LogP contribution in [0.4, 0.5) is 4.39 Å². The van der Waals surface area contributed by atoms with Crippen molar-refractivity contribution in [1.29, 1.82) is 0 Å². The first kappa shape index (κ1) is 18.7. The van der Waals surface area contributed by atoms with Crippen molar-refractivity contribution in [3.8, 4) is 5.75 Å². The zero-order chi connectivity index (χ0) is 19.0. The van der Waals surface area contributed by atoms with Crippen LogP contribution in [0, 0.1) is 5.82 Å². The van der Waals surface area contributed by atoms with Crippen LogP contribution >= 0.6 is 11.6 Å². The lowest BCUT2D eigenvalue weighted by molar-refractivity contribution is 0.0695. The lowest BCUT2D eigenvalue weighted by Crippen LogP contribution is -2.28. The number of halogens is 2. The summed E-state index contributed by atoms with van der Waals surface area (Å²) in [7, 11) is 0. The van der Waals surface area contributed by atoms with Gasteiger partial charge in [-0.3, -0.25) is 4.79 Å². The number of nitrogens with two attached hydrogens (primary N) is 1. The average Bonchev–Trinajstić information content (AvgIpc) is 3.40. The molecule has 1 unspecified atom stereocenters. The van der Waals surface area contributed by atoms with Gasteiger partial charge in [0.1, 0.15) is 17.2 Å². The minimum absolute atomic E-state index is 0.0364. The Hall–Kier alpha value is -2.12. The highest BCUT2D eigenvalue weighted by Gasteiger charge is 2.29. The van der Waals surface area contributed by atoms with Gasteiger partial charge in [0.05, 0.1) is 10.9 Å². The normalized spacial score (nSPS) is 15.2. The van der Waals surface area contributed by atoms with E-state index in [1.54, 1.807) is 4.57 Å². The third-order valence-corrected chi connectivity index (χ3v) is 4.79. The largest absolute Gasteiger partial charge is 0.487 e. The predicted molar refractivity (Wildman–Crippen MR) is 96.8 cm³/mol. The van der Waals surface area contributed by atoms with Crippen LogP contribution in [0.3, 0.4) is 0 Å². The van der Waals surface area contributed by atoms with Crippen molar-refractivity contribution in [2.24, 2.45) is 5.73 Å². The molecule has 1 aromatic carbocycles. The molecule has 0 bridgehead atoms. The minimum Gasteiger partial charge on any atom is -0.487 e. The number of fused-ring (bicyclic) bond motifs is 1. The second kappa shape index (κ2) is 7.25. The van der Waals surface area contributed by atoms with Crippen LogP contribution in [0.15, 0.2) is 17.1 Å². The Kier molecular flexibility index (Phi) is 5.20. The Labute approximate surface area is 154 Å². The summed E-state index contributed by atoms with van der Waals surface area (Å²) in [6.45, 7) is 2.08. The van der Waals surface area contributed by atoms with E-state index in [0.717, 1.165) is 31.7 Å². The molecule has 0 spiro atoms. The molecule has 1 atom stereocenters. The van der Waals surface area contributed by atoms with Gasteiger partial charge in [0.2, 0.25) is 5.43 Å². The molecule has 1 saturated carbocycles. The van der Waals surface area contributed by atoms with Crippen molar-refractivity contribution in [3.05, 3.63) is 38.9 Å². The molecular formula is C18H20ClFN2O4. The van der Waals surface area contributed by atoms with E-state index < -0.39 is 22.8 Å². The third-order valence-electron chi connectivity index (χ3n) is 4.44. The molecule has 0 saturated heterocycles. The van der Waals surface area contributed by atoms with Gasteiger partial charge in [0, 0.05) is 18.3 Å². The van der Waals surface area contributed by atoms with Crippen LogP contribution in [0.1, 0.15) is 49.0 Å². The van der Waals surface area contributed by atoms with Gasteiger partial charge >= 0.3 is 5.97 Å². The van der Waals surface area contributed by atoms with Gasteiger partial charge < -0.3 is 20.1 Å². The molecule has 0 amide bonds. The quantitative estimate of drug-likeness (QED) is 0.765. The van der Waals surface area contributed by atoms with Crippen molar-refractivity contribution in [3.63, 3.8) is 0 Å². The molecule has 1 aromatic heterocycles. The number of carboxylic acids is 1. The fourth-order valence-corrected chi connectivity index (χ4v) is 3.34. The Morgan fingerprint density at radius 3 is 2.81 bits per heavy atom. The molecule has 3 rings (SSSR count). The molecule has 8 heteroatoms. The number of aromatic nitrogens is 1. The number of ether oxygens (including phenoxy) is 1. The third kappa shape index (κ3) is 3.41. The molecule has 1 aliphatic carbocycles. The molecule has 6 nitrogen and oxygen atoms in total. The van der Waals surface area contributed by atoms with E-state index in [1.807, 2.05) is 6.92 Å². The number of aromatic carboxylic acids is 1. The molecule has 1 heterocycles. The Balaban J connectivity index is 2.15. The van der Waals surface area contributed by atoms with Crippen LogP contribution in [0.25, 0.3) is 10.9 Å². The van der Waals surface area contributed by atoms with Crippen molar-refractivity contribution in [1.82, 2.24) is 4.57 Å². The molecular weight excluding hydrogens is 363 g/mol. The average molecular weight is 383 g/mol. The Morgan fingerprint density at radius 2 is 2.23 bits per heavy atom. The molecule has 26 heavy (non-hydrogen) atoms. The smallest absolute Gasteiger partial charge is 0.341 e. The number of benzene rings is 1. The first-order chi connectivity index (χ1) is 12.3. The fraction of sp³-hybridized carbons (Fsp3) is 0.444. The minimum atomic E-state index is -1.35. The maximum absolute atomic E-state index is 14.5. The first-order valence-electron chi connectivity index (χ1n) is 8.53. The molecule has 140 valence electrons. The highest BCUT2D eigenvalue weighted by molar-refractivity contribution is 6.36. The van der Waals surface area contributed by atoms with E-state index in [2.05, 4.69) is 0 Å². The molecule has 0 radical (unpaired) electrons. The van der Waals surface area contributed by atoms with Gasteiger partial charge in [-0.15, -0.1) is 0 Å². The number of rotatable bonds is 7. The van der Waals surface area contributed by atoms with E-state index in [0.29, 0.717) is 5.52 Å². The lowest BCUT2D eigenvalue weighted by Gasteiger charge is -2.18. The van der Waals surface area contributed by atoms with E-state index in [4.69, 9.17) is 22.1 Å². The molecule has 2 aromatic rings. The van der Waals surface area contributed by atoms with E-state index in [1.165, 1.54) is 6.20 Å². The molecule has 3 N–H and O–H groups in total. The van der Waals surface area contributed by atoms with Crippen molar-refractivity contribution < 1.29 is 19.0 Å². The zero-order valence-corrected chi connectivity index (χ0v) is 15.1. The van der Waals surface area contributed by atoms with Gasteiger partial charge in [-0.25, -0.2) is 9.18 Å². The highest BCUT2D eigenvalue weighted by atomic mass is 35.5. The van der Waals surface area contributed by atoms with Gasteiger partial charge in [-0.2, -0.15) is 0 Å². The second-order valence-electron chi connectivity index (χ2n) is 6.57. The van der Waals surface area contributed by atoms with Gasteiger partial charge in [-0.1, -0.05) is 24.9 Å². The lowest BCUT2D eigenvalue weighted by atomic mass is 10.1. The Morgan fingerprint density at radius 1 is 1.54 bits per heavy atom. The van der Waals surface area contributed by atoms with E-state index in [-0.39, 0.29) is 34.8 Å². The van der Waals surface area contributed by atoms with Crippen LogP contribution in [-0.4, -0.2) is 28.3 Å². The highest BCUT2D eigenvalue weighted by Crippen LogP contribution is 2.41. The standard InChI is InChI=1S/C18H20ClFN2O4/c1-2-3-9(21)8-26-17-13(20)6-11-15(14(17)19)22(10-4-5-10)7-12(16(11)23)18(24)25/h6-7,9-10H,2-5,8,21H2,1H3,(H,24,25). The number of hydrogen-bond donors (Lipinski definition) is 2. The Bertz CT molecular complexity index is 924. The van der Waals surface area contributed by atoms with E-state index >= 15 is 0 Å². The van der Waals surface area contributed by atoms with Crippen LogP contribution < -0.4 is 15.9 Å². The van der Waals surface area contributed by atoms with Crippen LogP contribution in [0.2, 0.25) is 5.02 Å². The number of carbonyl (C=O) groups is 1. The maximum Gasteiger partial charge on any atom is 0.341 e. The maximum atomic E-state index is 14.5. The zero-order valence-electron chi connectivity index (χ0n) is 14.3. The summed E-state index contributed by atoms with van der Waals surface area (Å²) in [5.41, 5.74) is 5.03. The summed E-state index contributed by atoms with van der Waals surface area (Å²) in [6, 6.07) is 0.774. The number of hydrogen-bond acceptors (Lipinski definition) is 4. The number of pyridine rings is 1. The summed E-state index contributed by atoms with van der Waals surface area (Å²) < 4.78 is 21.7. The first-order valence-corrected chi connectivity index (χ1v) is 8.91. The van der Waals surface area contributed by atoms with Crippen molar-refractivity contribution in [2.75, 3.05) is 6.61 Å². The topological polar surface area (TPSA) is 94.6 Å². The number of nitrogens with zero attached hydrogens (tertiary/aromatic N) is 1. The summed E-state index contributed by atoms with van der Waals surface area (Å²) in [5.74, 6) is -2.33. The van der Waals surface area contributed by atoms with Gasteiger partial charge in [0.15, 0.2) is 11.6 Å². The van der Waals surface area contributed by atoms with E-state index in [9.17, 15) is 19.1 Å². The summed E-state index contributed by atoms with van der Waals surface area (Å²) in [5, 5.41) is 9.16. The number of carboxylic acid groups (broad SMARTS) is 1. The summed E-state index contributed by atoms with van der Waals surface area (Å²) in [4.78, 5) is 23.8. The molecule has 1 aliphatic rings. The predicted octanol–water partition coefficient (Wildman–Crippen LogP) is 3.33. The summed E-state index contributed by atoms with van der Waals surface area (Å²) >= 11 is 6.38. The van der Waals surface area contributed by atoms with Crippen LogP contribution in [0.5, 0.6) is 5.75 Å². The molecule has 0 aliphatic heterocycles. The fourth-order valence-electron chi connectivity index (χ4n) is 2.99. The van der Waals surface area contributed by atoms with Crippen LogP contribution in [-0.2, 0) is 0 Å². The van der Waals surface area contributed by atoms with Gasteiger partial charge in [-0.05, 0) is 25.3 Å². The summed E-state index contributed by atoms with van der Waals surface area (Å²) in [6.07, 6.45) is 4.55.